The van der Waals surface area contributed by atoms with Gasteiger partial charge in [-0.2, -0.15) is 4.37 Å². The van der Waals surface area contributed by atoms with Crippen molar-refractivity contribution in [1.82, 2.24) is 4.37 Å². The minimum Gasteiger partial charge on any atom is -0.506 e. The van der Waals surface area contributed by atoms with Crippen LogP contribution in [0.25, 0.3) is 10.9 Å². The average molecular weight is 354 g/mol. The third-order valence-corrected chi connectivity index (χ3v) is 4.60. The van der Waals surface area contributed by atoms with E-state index in [-0.39, 0.29) is 15.7 Å². The van der Waals surface area contributed by atoms with Crippen molar-refractivity contribution >= 4 is 55.4 Å². The van der Waals surface area contributed by atoms with Gasteiger partial charge in [-0.05, 0) is 47.9 Å². The van der Waals surface area contributed by atoms with Crippen LogP contribution in [0, 0.1) is 0 Å². The summed E-state index contributed by atoms with van der Waals surface area (Å²) in [5.41, 5.74) is 1.12. The van der Waals surface area contributed by atoms with Gasteiger partial charge in [0, 0.05) is 5.39 Å². The highest BCUT2D eigenvalue weighted by atomic mass is 35.5. The summed E-state index contributed by atoms with van der Waals surface area (Å²) in [4.78, 5) is 0.201. The smallest absolute Gasteiger partial charge is 0.168 e. The molecule has 0 radical (unpaired) electrons. The summed E-state index contributed by atoms with van der Waals surface area (Å²) in [5, 5.41) is 18.7. The van der Waals surface area contributed by atoms with E-state index in [4.69, 9.17) is 11.6 Å². The van der Waals surface area contributed by atoms with Crippen molar-refractivity contribution in [2.45, 2.75) is 4.90 Å². The maximum absolute atomic E-state index is 11.1. The lowest BCUT2D eigenvalue weighted by Gasteiger charge is -1.96. The molecule has 0 atom stereocenters. The SMILES string of the molecule is O=[SH](=O)c1ccc2nsc(/N=N/c3ccc(O)c(Cl)c3)c2c1. The summed E-state index contributed by atoms with van der Waals surface area (Å²) in [7, 11) is -2.66. The Balaban J connectivity index is 2.00. The molecule has 0 aliphatic carbocycles. The number of benzene rings is 2. The van der Waals surface area contributed by atoms with E-state index in [2.05, 4.69) is 14.6 Å². The third kappa shape index (κ3) is 2.94. The van der Waals surface area contributed by atoms with E-state index in [9.17, 15) is 13.5 Å². The highest BCUT2D eigenvalue weighted by Crippen LogP contribution is 2.34. The van der Waals surface area contributed by atoms with E-state index < -0.39 is 10.7 Å². The maximum Gasteiger partial charge on any atom is 0.168 e. The molecular weight excluding hydrogens is 346 g/mol. The summed E-state index contributed by atoms with van der Waals surface area (Å²) in [6, 6.07) is 9.10. The van der Waals surface area contributed by atoms with Gasteiger partial charge in [0.05, 0.1) is 21.1 Å². The molecule has 6 nitrogen and oxygen atoms in total. The molecule has 0 amide bonds. The predicted molar refractivity (Wildman–Crippen MR) is 85.5 cm³/mol. The summed E-state index contributed by atoms with van der Waals surface area (Å²) in [6.45, 7) is 0. The molecule has 9 heteroatoms. The number of fused-ring (bicyclic) bond motifs is 1. The van der Waals surface area contributed by atoms with Crippen molar-refractivity contribution < 1.29 is 13.5 Å². The summed E-state index contributed by atoms with van der Waals surface area (Å²) < 4.78 is 26.3. The maximum atomic E-state index is 11.1. The fourth-order valence-corrected chi connectivity index (χ4v) is 3.05. The number of phenols is 1. The number of aromatic nitrogens is 1. The fraction of sp³-hybridized carbons (Fsp3) is 0. The number of aromatic hydroxyl groups is 1. The summed E-state index contributed by atoms with van der Waals surface area (Å²) in [5.74, 6) is -0.0345. The molecule has 3 rings (SSSR count). The first kappa shape index (κ1) is 14.9. The van der Waals surface area contributed by atoms with Gasteiger partial charge < -0.3 is 5.11 Å². The van der Waals surface area contributed by atoms with Crippen molar-refractivity contribution in [2.75, 3.05) is 0 Å². The van der Waals surface area contributed by atoms with Gasteiger partial charge in [0.25, 0.3) is 0 Å². The first-order valence-electron chi connectivity index (χ1n) is 5.98. The number of hydrogen-bond donors (Lipinski definition) is 2. The molecule has 0 aliphatic heterocycles. The molecule has 2 aromatic carbocycles. The van der Waals surface area contributed by atoms with Crippen LogP contribution < -0.4 is 0 Å². The second-order valence-electron chi connectivity index (χ2n) is 4.28. The molecule has 0 saturated carbocycles. The molecule has 0 bridgehead atoms. The molecule has 1 N–H and O–H groups in total. The first-order valence-corrected chi connectivity index (χ1v) is 8.31. The van der Waals surface area contributed by atoms with Crippen LogP contribution in [0.1, 0.15) is 0 Å². The Labute approximate surface area is 135 Å². The zero-order valence-electron chi connectivity index (χ0n) is 10.8. The van der Waals surface area contributed by atoms with E-state index in [0.29, 0.717) is 21.6 Å². The van der Waals surface area contributed by atoms with Gasteiger partial charge in [-0.3, -0.25) is 0 Å². The third-order valence-electron chi connectivity index (χ3n) is 2.84. The van der Waals surface area contributed by atoms with Crippen LogP contribution in [-0.2, 0) is 10.7 Å². The normalized spacial score (nSPS) is 11.7. The molecule has 22 heavy (non-hydrogen) atoms. The molecule has 0 saturated heterocycles. The van der Waals surface area contributed by atoms with Crippen molar-refractivity contribution in [3.05, 3.63) is 41.4 Å². The quantitative estimate of drug-likeness (QED) is 0.549. The molecular formula is C13H8ClN3O3S2. The lowest BCUT2D eigenvalue weighted by atomic mass is 10.2. The van der Waals surface area contributed by atoms with Crippen LogP contribution in [0.15, 0.2) is 51.5 Å². The van der Waals surface area contributed by atoms with Gasteiger partial charge in [-0.1, -0.05) is 11.6 Å². The minimum absolute atomic E-state index is 0.0345. The molecule has 0 spiro atoms. The number of nitrogens with zero attached hydrogens (tertiary/aromatic N) is 3. The molecule has 0 aliphatic rings. The summed E-state index contributed by atoms with van der Waals surface area (Å²) >= 11 is 6.92. The number of phenolic OH excluding ortho intramolecular Hbond substituents is 1. The summed E-state index contributed by atoms with van der Waals surface area (Å²) in [6.07, 6.45) is 0. The Morgan fingerprint density at radius 1 is 1.14 bits per heavy atom. The highest BCUT2D eigenvalue weighted by Gasteiger charge is 2.08. The van der Waals surface area contributed by atoms with Gasteiger partial charge in [-0.25, -0.2) is 8.42 Å². The van der Waals surface area contributed by atoms with Crippen molar-refractivity contribution in [1.29, 1.82) is 0 Å². The van der Waals surface area contributed by atoms with E-state index in [1.165, 1.54) is 24.3 Å². The van der Waals surface area contributed by atoms with Crippen molar-refractivity contribution in [2.24, 2.45) is 10.2 Å². The molecule has 3 aromatic rings. The molecule has 0 unspecified atom stereocenters. The molecule has 0 fully saturated rings. The lowest BCUT2D eigenvalue weighted by molar-refractivity contribution is 0.475. The Morgan fingerprint density at radius 2 is 1.95 bits per heavy atom. The second kappa shape index (κ2) is 5.99. The average Bonchev–Trinajstić information content (AvgIpc) is 2.90. The first-order chi connectivity index (χ1) is 10.5. The number of hydrogen-bond acceptors (Lipinski definition) is 7. The van der Waals surface area contributed by atoms with E-state index in [1.54, 1.807) is 12.1 Å². The molecule has 1 heterocycles. The van der Waals surface area contributed by atoms with Gasteiger partial charge in [-0.15, -0.1) is 10.2 Å². The van der Waals surface area contributed by atoms with Gasteiger partial charge >= 0.3 is 0 Å². The number of rotatable bonds is 3. The Bertz CT molecular complexity index is 958. The second-order valence-corrected chi connectivity index (χ2v) is 6.47. The van der Waals surface area contributed by atoms with Crippen LogP contribution in [-0.4, -0.2) is 17.9 Å². The predicted octanol–water partition coefficient (Wildman–Crippen LogP) is 4.04. The number of azo groups is 1. The van der Waals surface area contributed by atoms with Gasteiger partial charge in [0.15, 0.2) is 15.7 Å². The van der Waals surface area contributed by atoms with Crippen molar-refractivity contribution in [3.8, 4) is 5.75 Å². The van der Waals surface area contributed by atoms with Crippen LogP contribution in [0.3, 0.4) is 0 Å². The Hall–Kier alpha value is -2.03. The number of halogens is 1. The van der Waals surface area contributed by atoms with E-state index in [1.807, 2.05) is 0 Å². The molecule has 112 valence electrons. The van der Waals surface area contributed by atoms with Crippen LogP contribution in [0.2, 0.25) is 5.02 Å². The highest BCUT2D eigenvalue weighted by molar-refractivity contribution is 7.72. The fourth-order valence-electron chi connectivity index (χ4n) is 1.76. The topological polar surface area (TPSA) is 92.0 Å². The number of thiol groups is 1. The van der Waals surface area contributed by atoms with Crippen LogP contribution in [0.4, 0.5) is 10.7 Å². The standard InChI is InChI=1S/C13H8ClN3O3S2/c14-10-5-7(1-4-12(10)18)15-16-13-9-6-8(22(19)20)2-3-11(9)17-21-13/h1-6,18,22H/b16-15+. The van der Waals surface area contributed by atoms with Gasteiger partial charge in [0.1, 0.15) is 5.75 Å². The minimum atomic E-state index is -2.66. The van der Waals surface area contributed by atoms with Crippen LogP contribution in [0.5, 0.6) is 5.75 Å². The zero-order chi connectivity index (χ0) is 15.7. The Kier molecular flexibility index (Phi) is 4.06. The van der Waals surface area contributed by atoms with Crippen molar-refractivity contribution in [3.63, 3.8) is 0 Å². The van der Waals surface area contributed by atoms with Crippen LogP contribution >= 0.6 is 23.1 Å². The van der Waals surface area contributed by atoms with Gasteiger partial charge in [0.2, 0.25) is 0 Å². The van der Waals surface area contributed by atoms with E-state index in [0.717, 1.165) is 11.5 Å². The zero-order valence-corrected chi connectivity index (χ0v) is 13.3. The van der Waals surface area contributed by atoms with E-state index >= 15 is 0 Å². The Morgan fingerprint density at radius 3 is 2.68 bits per heavy atom. The largest absolute Gasteiger partial charge is 0.506 e. The monoisotopic (exact) mass is 353 g/mol. The molecule has 1 aromatic heterocycles. The lowest BCUT2D eigenvalue weighted by Crippen LogP contribution is -1.78.